The average molecular weight is 426 g/mol. The van der Waals surface area contributed by atoms with Crippen LogP contribution in [0.5, 0.6) is 0 Å². The van der Waals surface area contributed by atoms with E-state index in [2.05, 4.69) is 45.5 Å². The number of amides is 1. The van der Waals surface area contributed by atoms with Crippen molar-refractivity contribution in [3.8, 4) is 12.3 Å². The lowest BCUT2D eigenvalue weighted by molar-refractivity contribution is 0.0139. The van der Waals surface area contributed by atoms with E-state index in [1.807, 2.05) is 26.8 Å². The zero-order valence-corrected chi connectivity index (χ0v) is 16.1. The molecule has 0 unspecified atom stereocenters. The number of terminal acetylenes is 1. The highest BCUT2D eigenvalue weighted by atomic mass is 127. The predicted molar refractivity (Wildman–Crippen MR) is 100 cm³/mol. The lowest BCUT2D eigenvalue weighted by Gasteiger charge is -2.35. The Kier molecular flexibility index (Phi) is 5.93. The third kappa shape index (κ3) is 5.70. The molecule has 1 amide bonds. The zero-order valence-electron chi connectivity index (χ0n) is 13.9. The van der Waals surface area contributed by atoms with Crippen LogP contribution in [0.2, 0.25) is 0 Å². The van der Waals surface area contributed by atoms with Gasteiger partial charge in [-0.25, -0.2) is 4.79 Å². The maximum atomic E-state index is 12.1. The van der Waals surface area contributed by atoms with Gasteiger partial charge in [-0.15, -0.1) is 6.42 Å². The molecule has 0 radical (unpaired) electrons. The summed E-state index contributed by atoms with van der Waals surface area (Å²) in [5, 5.41) is 0. The highest BCUT2D eigenvalue weighted by Gasteiger charge is 2.25. The molecular weight excluding hydrogens is 403 g/mol. The van der Waals surface area contributed by atoms with Crippen LogP contribution in [-0.4, -0.2) is 47.7 Å². The second-order valence-electron chi connectivity index (χ2n) is 6.74. The van der Waals surface area contributed by atoms with E-state index in [-0.39, 0.29) is 6.09 Å². The number of halogens is 1. The highest BCUT2D eigenvalue weighted by molar-refractivity contribution is 14.1. The van der Waals surface area contributed by atoms with E-state index in [1.54, 1.807) is 4.90 Å². The van der Waals surface area contributed by atoms with Crippen LogP contribution in [0, 0.1) is 15.9 Å². The van der Waals surface area contributed by atoms with E-state index >= 15 is 0 Å². The van der Waals surface area contributed by atoms with Crippen LogP contribution < -0.4 is 0 Å². The Hall–Kier alpha value is -1.26. The first-order valence-electron chi connectivity index (χ1n) is 7.73. The molecule has 1 saturated heterocycles. The van der Waals surface area contributed by atoms with Gasteiger partial charge in [-0.05, 0) is 67.1 Å². The van der Waals surface area contributed by atoms with E-state index < -0.39 is 5.60 Å². The lowest BCUT2D eigenvalue weighted by Crippen LogP contribution is -2.49. The normalized spacial score (nSPS) is 16.0. The summed E-state index contributed by atoms with van der Waals surface area (Å²) < 4.78 is 6.58. The first-order valence-corrected chi connectivity index (χ1v) is 8.81. The monoisotopic (exact) mass is 426 g/mol. The molecule has 1 heterocycles. The van der Waals surface area contributed by atoms with Crippen LogP contribution >= 0.6 is 22.6 Å². The fourth-order valence-electron chi connectivity index (χ4n) is 2.50. The van der Waals surface area contributed by atoms with Gasteiger partial charge in [0.2, 0.25) is 0 Å². The maximum Gasteiger partial charge on any atom is 0.410 e. The summed E-state index contributed by atoms with van der Waals surface area (Å²) in [5.74, 6) is 2.70. The standard InChI is InChI=1S/C18H23IN2O2/c1-5-14-10-15(12-16(19)11-14)13-20-6-8-21(9-7-20)17(22)23-18(2,3)4/h1,10-12H,6-9,13H2,2-4H3. The minimum atomic E-state index is -0.444. The van der Waals surface area contributed by atoms with Crippen molar-refractivity contribution in [2.45, 2.75) is 32.9 Å². The minimum Gasteiger partial charge on any atom is -0.444 e. The quantitative estimate of drug-likeness (QED) is 0.538. The van der Waals surface area contributed by atoms with Gasteiger partial charge in [-0.2, -0.15) is 0 Å². The Morgan fingerprint density at radius 2 is 1.91 bits per heavy atom. The third-order valence-corrected chi connectivity index (χ3v) is 4.18. The molecule has 1 aromatic carbocycles. The smallest absolute Gasteiger partial charge is 0.410 e. The third-order valence-electron chi connectivity index (χ3n) is 3.55. The van der Waals surface area contributed by atoms with Gasteiger partial charge in [0, 0.05) is 41.9 Å². The number of nitrogens with zero attached hydrogens (tertiary/aromatic N) is 2. The number of rotatable bonds is 2. The van der Waals surface area contributed by atoms with Gasteiger partial charge in [-0.3, -0.25) is 4.90 Å². The van der Waals surface area contributed by atoms with Crippen LogP contribution in [0.15, 0.2) is 18.2 Å². The molecule has 0 spiro atoms. The summed E-state index contributed by atoms with van der Waals surface area (Å²) in [5.41, 5.74) is 1.69. The second kappa shape index (κ2) is 7.54. The van der Waals surface area contributed by atoms with Gasteiger partial charge >= 0.3 is 6.09 Å². The molecule has 2 rings (SSSR count). The molecule has 1 aliphatic heterocycles. The Morgan fingerprint density at radius 3 is 2.48 bits per heavy atom. The zero-order chi connectivity index (χ0) is 17.0. The molecule has 1 fully saturated rings. The van der Waals surface area contributed by atoms with Crippen LogP contribution in [0.25, 0.3) is 0 Å². The Bertz CT molecular complexity index is 608. The number of carbonyl (C=O) groups is 1. The van der Waals surface area contributed by atoms with Crippen molar-refractivity contribution < 1.29 is 9.53 Å². The minimum absolute atomic E-state index is 0.221. The Morgan fingerprint density at radius 1 is 1.26 bits per heavy atom. The van der Waals surface area contributed by atoms with Gasteiger partial charge in [0.1, 0.15) is 5.60 Å². The number of hydrogen-bond acceptors (Lipinski definition) is 3. The van der Waals surface area contributed by atoms with Crippen molar-refractivity contribution in [1.29, 1.82) is 0 Å². The van der Waals surface area contributed by atoms with Crippen molar-refractivity contribution in [3.05, 3.63) is 32.9 Å². The van der Waals surface area contributed by atoms with E-state index in [0.717, 1.165) is 28.8 Å². The van der Waals surface area contributed by atoms with Gasteiger partial charge < -0.3 is 9.64 Å². The number of hydrogen-bond donors (Lipinski definition) is 0. The molecule has 1 aromatic rings. The summed E-state index contributed by atoms with van der Waals surface area (Å²) in [6, 6.07) is 6.22. The van der Waals surface area contributed by atoms with E-state index in [4.69, 9.17) is 11.2 Å². The number of carbonyl (C=O) groups excluding carboxylic acids is 1. The van der Waals surface area contributed by atoms with E-state index in [1.165, 1.54) is 5.56 Å². The summed E-state index contributed by atoms with van der Waals surface area (Å²) in [4.78, 5) is 16.2. The van der Waals surface area contributed by atoms with Crippen molar-refractivity contribution in [2.75, 3.05) is 26.2 Å². The molecule has 23 heavy (non-hydrogen) atoms. The van der Waals surface area contributed by atoms with Crippen LogP contribution in [0.1, 0.15) is 31.9 Å². The number of piperazine rings is 1. The molecule has 5 heteroatoms. The molecule has 0 atom stereocenters. The Balaban J connectivity index is 1.89. The van der Waals surface area contributed by atoms with Gasteiger partial charge in [0.25, 0.3) is 0 Å². The summed E-state index contributed by atoms with van der Waals surface area (Å²) >= 11 is 2.29. The van der Waals surface area contributed by atoms with Crippen LogP contribution in [0.4, 0.5) is 4.79 Å². The molecule has 0 aromatic heterocycles. The fraction of sp³-hybridized carbons (Fsp3) is 0.500. The largest absolute Gasteiger partial charge is 0.444 e. The van der Waals surface area contributed by atoms with E-state index in [0.29, 0.717) is 13.1 Å². The number of benzene rings is 1. The molecule has 0 N–H and O–H groups in total. The average Bonchev–Trinajstić information content (AvgIpc) is 2.45. The van der Waals surface area contributed by atoms with Crippen LogP contribution in [0.3, 0.4) is 0 Å². The summed E-state index contributed by atoms with van der Waals surface area (Å²) in [6.45, 7) is 9.60. The van der Waals surface area contributed by atoms with Crippen molar-refractivity contribution in [1.82, 2.24) is 9.80 Å². The fourth-order valence-corrected chi connectivity index (χ4v) is 3.23. The van der Waals surface area contributed by atoms with Crippen LogP contribution in [-0.2, 0) is 11.3 Å². The molecular formula is C18H23IN2O2. The SMILES string of the molecule is C#Cc1cc(I)cc(CN2CCN(C(=O)OC(C)(C)C)CC2)c1. The first-order chi connectivity index (χ1) is 10.8. The second-order valence-corrected chi connectivity index (χ2v) is 7.98. The summed E-state index contributed by atoms with van der Waals surface area (Å²) in [7, 11) is 0. The maximum absolute atomic E-state index is 12.1. The molecule has 0 saturated carbocycles. The molecule has 4 nitrogen and oxygen atoms in total. The van der Waals surface area contributed by atoms with E-state index in [9.17, 15) is 4.79 Å². The van der Waals surface area contributed by atoms with Gasteiger partial charge in [0.15, 0.2) is 0 Å². The highest BCUT2D eigenvalue weighted by Crippen LogP contribution is 2.16. The van der Waals surface area contributed by atoms with Gasteiger partial charge in [-0.1, -0.05) is 5.92 Å². The predicted octanol–water partition coefficient (Wildman–Crippen LogP) is 3.33. The van der Waals surface area contributed by atoms with Gasteiger partial charge in [0.05, 0.1) is 0 Å². The lowest BCUT2D eigenvalue weighted by atomic mass is 10.1. The topological polar surface area (TPSA) is 32.8 Å². The molecule has 1 aliphatic rings. The van der Waals surface area contributed by atoms with Crippen molar-refractivity contribution in [2.24, 2.45) is 0 Å². The van der Waals surface area contributed by atoms with Crippen molar-refractivity contribution >= 4 is 28.7 Å². The molecule has 124 valence electrons. The Labute approximate surface area is 152 Å². The van der Waals surface area contributed by atoms with Crippen molar-refractivity contribution in [3.63, 3.8) is 0 Å². The molecule has 0 bridgehead atoms. The molecule has 0 aliphatic carbocycles. The number of ether oxygens (including phenoxy) is 1. The summed E-state index contributed by atoms with van der Waals surface area (Å²) in [6.07, 6.45) is 5.28. The first kappa shape index (κ1) is 18.1.